The molecule has 1 atom stereocenters. The van der Waals surface area contributed by atoms with Crippen LogP contribution in [0.15, 0.2) is 53.9 Å². The number of amides is 1. The predicted octanol–water partition coefficient (Wildman–Crippen LogP) is 4.29. The van der Waals surface area contributed by atoms with E-state index < -0.39 is 17.9 Å². The van der Waals surface area contributed by atoms with E-state index in [0.29, 0.717) is 12.1 Å². The minimum absolute atomic E-state index is 0.204. The van der Waals surface area contributed by atoms with Crippen LogP contribution < -0.4 is 15.0 Å². The van der Waals surface area contributed by atoms with Gasteiger partial charge in [-0.15, -0.1) is 11.3 Å². The number of methoxy groups -OCH3 is 1. The van der Waals surface area contributed by atoms with E-state index in [-0.39, 0.29) is 5.92 Å². The second-order valence-corrected chi connectivity index (χ2v) is 8.67. The summed E-state index contributed by atoms with van der Waals surface area (Å²) in [6.07, 6.45) is 0. The fraction of sp³-hybridized carbons (Fsp3) is 0.292. The van der Waals surface area contributed by atoms with E-state index in [1.807, 2.05) is 53.7 Å². The molecule has 0 aliphatic heterocycles. The number of carboxylic acids is 1. The van der Waals surface area contributed by atoms with Crippen LogP contribution >= 0.6 is 11.3 Å². The number of carboxylic acid groups (broad SMARTS) is 1. The number of benzene rings is 2. The van der Waals surface area contributed by atoms with Crippen molar-refractivity contribution >= 4 is 28.3 Å². The van der Waals surface area contributed by atoms with Crippen molar-refractivity contribution in [1.29, 1.82) is 0 Å². The molecule has 0 saturated carbocycles. The largest absolute Gasteiger partial charge is 0.497 e. The zero-order valence-electron chi connectivity index (χ0n) is 18.5. The lowest BCUT2D eigenvalue weighted by Gasteiger charge is -2.18. The number of carbonyl (C=O) groups excluding carboxylic acids is 1. The fourth-order valence-corrected chi connectivity index (χ4v) is 4.00. The van der Waals surface area contributed by atoms with Gasteiger partial charge in [-0.25, -0.2) is 9.78 Å². The summed E-state index contributed by atoms with van der Waals surface area (Å²) in [5.74, 6) is -0.848. The van der Waals surface area contributed by atoms with Crippen molar-refractivity contribution in [1.82, 2.24) is 10.3 Å². The van der Waals surface area contributed by atoms with Crippen LogP contribution in [0.5, 0.6) is 5.75 Å². The van der Waals surface area contributed by atoms with Gasteiger partial charge < -0.3 is 20.1 Å². The molecule has 0 fully saturated rings. The molecule has 0 saturated heterocycles. The molecule has 3 rings (SSSR count). The first-order chi connectivity index (χ1) is 15.3. The van der Waals surface area contributed by atoms with E-state index >= 15 is 0 Å². The highest BCUT2D eigenvalue weighted by molar-refractivity contribution is 7.14. The predicted molar refractivity (Wildman–Crippen MR) is 126 cm³/mol. The minimum atomic E-state index is -1.04. The van der Waals surface area contributed by atoms with E-state index in [1.54, 1.807) is 44.4 Å². The Hall–Kier alpha value is -3.39. The maximum Gasteiger partial charge on any atom is 0.326 e. The Kier molecular flexibility index (Phi) is 7.48. The van der Waals surface area contributed by atoms with Gasteiger partial charge in [0.1, 0.15) is 11.8 Å². The minimum Gasteiger partial charge on any atom is -0.497 e. The van der Waals surface area contributed by atoms with Gasteiger partial charge >= 0.3 is 5.97 Å². The molecule has 7 nitrogen and oxygen atoms in total. The Labute approximate surface area is 191 Å². The van der Waals surface area contributed by atoms with Crippen LogP contribution in [-0.4, -0.2) is 42.2 Å². The van der Waals surface area contributed by atoms with Crippen LogP contribution in [0.1, 0.15) is 29.8 Å². The number of nitrogens with one attached hydrogen (secondary N) is 1. The lowest BCUT2D eigenvalue weighted by Crippen LogP contribution is -2.44. The molecule has 0 aliphatic carbocycles. The molecule has 0 aliphatic rings. The molecule has 32 heavy (non-hydrogen) atoms. The molecule has 0 radical (unpaired) electrons. The smallest absolute Gasteiger partial charge is 0.326 e. The van der Waals surface area contributed by atoms with Gasteiger partial charge in [0.25, 0.3) is 5.91 Å². The summed E-state index contributed by atoms with van der Waals surface area (Å²) in [5, 5.41) is 14.7. The number of nitrogens with zero attached hydrogens (tertiary/aromatic N) is 2. The van der Waals surface area contributed by atoms with Crippen LogP contribution in [0.4, 0.5) is 5.13 Å². The standard InChI is InChI=1S/C24H27N3O4S/c1-15(2)21(23(29)30)26-22(28)17-10-8-16(9-11-17)13-27(3)24-25-20(14-32-24)18-6-5-7-19(12-18)31-4/h5-12,14-15,21H,13H2,1-4H3,(H,26,28)(H,29,30). The number of rotatable bonds is 9. The molecule has 1 unspecified atom stereocenters. The van der Waals surface area contributed by atoms with Crippen molar-refractivity contribution in [3.05, 3.63) is 65.0 Å². The van der Waals surface area contributed by atoms with Gasteiger partial charge in [-0.2, -0.15) is 0 Å². The molecule has 1 amide bonds. The number of aromatic nitrogens is 1. The van der Waals surface area contributed by atoms with Crippen LogP contribution in [-0.2, 0) is 11.3 Å². The summed E-state index contributed by atoms with van der Waals surface area (Å²) in [6, 6.07) is 14.0. The molecular formula is C24H27N3O4S. The third kappa shape index (κ3) is 5.64. The topological polar surface area (TPSA) is 91.8 Å². The SMILES string of the molecule is COc1cccc(-c2csc(N(C)Cc3ccc(C(=O)NC(C(=O)O)C(C)C)cc3)n2)c1. The quantitative estimate of drug-likeness (QED) is 0.502. The Balaban J connectivity index is 1.65. The number of ether oxygens (including phenoxy) is 1. The Morgan fingerprint density at radius 1 is 1.19 bits per heavy atom. The first-order valence-corrected chi connectivity index (χ1v) is 11.1. The summed E-state index contributed by atoms with van der Waals surface area (Å²) in [5.41, 5.74) is 3.33. The van der Waals surface area contributed by atoms with Gasteiger partial charge in [0.2, 0.25) is 0 Å². The summed E-state index contributed by atoms with van der Waals surface area (Å²) < 4.78 is 5.29. The van der Waals surface area contributed by atoms with Crippen molar-refractivity contribution in [2.45, 2.75) is 26.4 Å². The number of anilines is 1. The summed E-state index contributed by atoms with van der Waals surface area (Å²) in [6.45, 7) is 4.14. The number of aliphatic carboxylic acids is 1. The Morgan fingerprint density at radius 3 is 2.53 bits per heavy atom. The molecule has 8 heteroatoms. The lowest BCUT2D eigenvalue weighted by atomic mass is 10.0. The summed E-state index contributed by atoms with van der Waals surface area (Å²) in [4.78, 5) is 30.5. The van der Waals surface area contributed by atoms with Crippen molar-refractivity contribution in [2.75, 3.05) is 19.1 Å². The first kappa shape index (κ1) is 23.3. The molecule has 0 spiro atoms. The highest BCUT2D eigenvalue weighted by Gasteiger charge is 2.23. The normalized spacial score (nSPS) is 11.8. The maximum atomic E-state index is 12.4. The number of hydrogen-bond donors (Lipinski definition) is 2. The van der Waals surface area contributed by atoms with Gasteiger partial charge in [0.15, 0.2) is 5.13 Å². The molecule has 0 bridgehead atoms. The maximum absolute atomic E-state index is 12.4. The van der Waals surface area contributed by atoms with Gasteiger partial charge in [-0.3, -0.25) is 4.79 Å². The highest BCUT2D eigenvalue weighted by atomic mass is 32.1. The van der Waals surface area contributed by atoms with E-state index in [1.165, 1.54) is 0 Å². The van der Waals surface area contributed by atoms with E-state index in [4.69, 9.17) is 9.72 Å². The average Bonchev–Trinajstić information content (AvgIpc) is 3.28. The molecular weight excluding hydrogens is 426 g/mol. The zero-order chi connectivity index (χ0) is 23.3. The monoisotopic (exact) mass is 453 g/mol. The number of thiazole rings is 1. The highest BCUT2D eigenvalue weighted by Crippen LogP contribution is 2.29. The third-order valence-electron chi connectivity index (χ3n) is 5.04. The second-order valence-electron chi connectivity index (χ2n) is 7.83. The third-order valence-corrected chi connectivity index (χ3v) is 5.99. The van der Waals surface area contributed by atoms with Crippen molar-refractivity contribution in [3.8, 4) is 17.0 Å². The van der Waals surface area contributed by atoms with Crippen LogP contribution in [0.2, 0.25) is 0 Å². The Bertz CT molecular complexity index is 1080. The zero-order valence-corrected chi connectivity index (χ0v) is 19.3. The fourth-order valence-electron chi connectivity index (χ4n) is 3.20. The molecule has 3 aromatic rings. The van der Waals surface area contributed by atoms with Crippen LogP contribution in [0.3, 0.4) is 0 Å². The molecule has 2 N–H and O–H groups in total. The molecule has 2 aromatic carbocycles. The van der Waals surface area contributed by atoms with Crippen molar-refractivity contribution in [3.63, 3.8) is 0 Å². The van der Waals surface area contributed by atoms with E-state index in [0.717, 1.165) is 27.7 Å². The second kappa shape index (κ2) is 10.3. The van der Waals surface area contributed by atoms with E-state index in [2.05, 4.69) is 5.32 Å². The van der Waals surface area contributed by atoms with Gasteiger partial charge in [-0.1, -0.05) is 38.1 Å². The first-order valence-electron chi connectivity index (χ1n) is 10.2. The summed E-state index contributed by atoms with van der Waals surface area (Å²) >= 11 is 1.56. The van der Waals surface area contributed by atoms with Gasteiger partial charge in [-0.05, 0) is 35.7 Å². The Morgan fingerprint density at radius 2 is 1.91 bits per heavy atom. The van der Waals surface area contributed by atoms with Gasteiger partial charge in [0.05, 0.1) is 12.8 Å². The molecule has 1 aromatic heterocycles. The number of hydrogen-bond acceptors (Lipinski definition) is 6. The van der Waals surface area contributed by atoms with E-state index in [9.17, 15) is 14.7 Å². The summed E-state index contributed by atoms with van der Waals surface area (Å²) in [7, 11) is 3.61. The molecule has 1 heterocycles. The average molecular weight is 454 g/mol. The lowest BCUT2D eigenvalue weighted by molar-refractivity contribution is -0.140. The van der Waals surface area contributed by atoms with Crippen molar-refractivity contribution in [2.24, 2.45) is 5.92 Å². The van der Waals surface area contributed by atoms with Gasteiger partial charge in [0, 0.05) is 30.1 Å². The number of carbonyl (C=O) groups is 2. The van der Waals surface area contributed by atoms with Crippen LogP contribution in [0.25, 0.3) is 11.3 Å². The van der Waals surface area contributed by atoms with Crippen LogP contribution in [0, 0.1) is 5.92 Å². The molecule has 168 valence electrons. The van der Waals surface area contributed by atoms with Crippen molar-refractivity contribution < 1.29 is 19.4 Å².